The number of rotatable bonds is 4. The Kier molecular flexibility index (Phi) is 5.24. The summed E-state index contributed by atoms with van der Waals surface area (Å²) in [6.07, 6.45) is 0. The van der Waals surface area contributed by atoms with Gasteiger partial charge in [0.1, 0.15) is 0 Å². The van der Waals surface area contributed by atoms with E-state index in [0.29, 0.717) is 10.4 Å². The lowest BCUT2D eigenvalue weighted by atomic mass is 10.2. The molecule has 4 rings (SSSR count). The van der Waals surface area contributed by atoms with Crippen LogP contribution in [0.2, 0.25) is 0 Å². The molecule has 1 saturated heterocycles. The van der Waals surface area contributed by atoms with Gasteiger partial charge >= 0.3 is 0 Å². The minimum Gasteiger partial charge on any atom is -0.444 e. The monoisotopic (exact) mass is 430 g/mol. The molecule has 1 aliphatic rings. The smallest absolute Gasteiger partial charge is 0.289 e. The van der Waals surface area contributed by atoms with Crippen LogP contribution in [0.4, 0.5) is 0 Å². The lowest BCUT2D eigenvalue weighted by Crippen LogP contribution is -2.48. The fourth-order valence-corrected chi connectivity index (χ4v) is 4.50. The zero-order valence-corrected chi connectivity index (χ0v) is 16.6. The van der Waals surface area contributed by atoms with Crippen molar-refractivity contribution in [3.8, 4) is 10.4 Å². The van der Waals surface area contributed by atoms with E-state index < -0.39 is 0 Å². The molecule has 134 valence electrons. The third-order valence-corrected chi connectivity index (χ3v) is 6.09. The van der Waals surface area contributed by atoms with Gasteiger partial charge in [-0.25, -0.2) is 0 Å². The fourth-order valence-electron chi connectivity index (χ4n) is 3.13. The van der Waals surface area contributed by atoms with Crippen molar-refractivity contribution in [2.75, 3.05) is 26.2 Å². The van der Waals surface area contributed by atoms with E-state index in [4.69, 9.17) is 4.42 Å². The van der Waals surface area contributed by atoms with Crippen molar-refractivity contribution in [3.63, 3.8) is 0 Å². The second-order valence-corrected chi connectivity index (χ2v) is 8.25. The van der Waals surface area contributed by atoms with Gasteiger partial charge in [0.25, 0.3) is 5.91 Å². The molecule has 26 heavy (non-hydrogen) atoms. The van der Waals surface area contributed by atoms with Gasteiger partial charge in [0.05, 0.1) is 0 Å². The van der Waals surface area contributed by atoms with Crippen LogP contribution in [0.25, 0.3) is 10.4 Å². The molecular weight excluding hydrogens is 412 g/mol. The number of nitrogens with zero attached hydrogens (tertiary/aromatic N) is 2. The Hall–Kier alpha value is -1.89. The average molecular weight is 431 g/mol. The maximum atomic E-state index is 12.4. The summed E-state index contributed by atoms with van der Waals surface area (Å²) in [5, 5.41) is 0. The first-order valence-corrected chi connectivity index (χ1v) is 10.2. The van der Waals surface area contributed by atoms with Gasteiger partial charge in [0, 0.05) is 42.5 Å². The molecule has 0 aliphatic carbocycles. The normalized spacial score (nSPS) is 15.3. The van der Waals surface area contributed by atoms with Crippen LogP contribution in [0.15, 0.2) is 63.7 Å². The van der Waals surface area contributed by atoms with E-state index in [0.717, 1.165) is 32.7 Å². The van der Waals surface area contributed by atoms with Crippen molar-refractivity contribution < 1.29 is 9.21 Å². The Morgan fingerprint density at radius 2 is 1.77 bits per heavy atom. The largest absolute Gasteiger partial charge is 0.444 e. The Bertz CT molecular complexity index is 882. The summed E-state index contributed by atoms with van der Waals surface area (Å²) >= 11 is 5.09. The third-order valence-electron chi connectivity index (χ3n) is 4.54. The van der Waals surface area contributed by atoms with Gasteiger partial charge in [-0.15, -0.1) is 11.3 Å². The third kappa shape index (κ3) is 3.92. The molecule has 1 aliphatic heterocycles. The van der Waals surface area contributed by atoms with Gasteiger partial charge in [-0.3, -0.25) is 9.69 Å². The Morgan fingerprint density at radius 3 is 2.46 bits per heavy atom. The topological polar surface area (TPSA) is 36.7 Å². The number of benzene rings is 1. The summed E-state index contributed by atoms with van der Waals surface area (Å²) < 4.78 is 5.97. The molecule has 3 heterocycles. The molecular formula is C20H19BrN2O2S. The van der Waals surface area contributed by atoms with Crippen LogP contribution < -0.4 is 0 Å². The van der Waals surface area contributed by atoms with Gasteiger partial charge in [-0.2, -0.15) is 0 Å². The predicted molar refractivity (Wildman–Crippen MR) is 107 cm³/mol. The van der Waals surface area contributed by atoms with E-state index in [2.05, 4.69) is 57.2 Å². The molecule has 0 unspecified atom stereocenters. The number of hydrogen-bond acceptors (Lipinski definition) is 4. The lowest BCUT2D eigenvalue weighted by Gasteiger charge is -2.34. The van der Waals surface area contributed by atoms with Crippen LogP contribution in [0, 0.1) is 0 Å². The number of carbonyl (C=O) groups excluding carboxylic acids is 1. The molecule has 1 aromatic carbocycles. The number of amides is 1. The van der Waals surface area contributed by atoms with Crippen molar-refractivity contribution in [1.29, 1.82) is 0 Å². The summed E-state index contributed by atoms with van der Waals surface area (Å²) in [5.41, 5.74) is 1.27. The van der Waals surface area contributed by atoms with E-state index in [9.17, 15) is 4.79 Å². The van der Waals surface area contributed by atoms with Crippen LogP contribution in [0.3, 0.4) is 0 Å². The Morgan fingerprint density at radius 1 is 1.00 bits per heavy atom. The van der Waals surface area contributed by atoms with E-state index in [1.54, 1.807) is 12.1 Å². The highest BCUT2D eigenvalue weighted by molar-refractivity contribution is 9.10. The van der Waals surface area contributed by atoms with E-state index in [-0.39, 0.29) is 5.91 Å². The number of hydrogen-bond donors (Lipinski definition) is 0. The molecule has 6 heteroatoms. The Balaban J connectivity index is 1.33. The lowest BCUT2D eigenvalue weighted by molar-refractivity contribution is 0.0597. The number of furan rings is 1. The SMILES string of the molecule is O=C(c1ccc(Br)o1)N1CCN(Cc2ccc(-c3ccccc3)s2)CC1. The van der Waals surface area contributed by atoms with Crippen molar-refractivity contribution in [1.82, 2.24) is 9.80 Å². The first kappa shape index (κ1) is 17.5. The fraction of sp³-hybridized carbons (Fsp3) is 0.250. The van der Waals surface area contributed by atoms with Crippen LogP contribution in [-0.4, -0.2) is 41.9 Å². The molecule has 0 bridgehead atoms. The highest BCUT2D eigenvalue weighted by Gasteiger charge is 2.24. The average Bonchev–Trinajstić information content (AvgIpc) is 3.32. The molecule has 1 amide bonds. The summed E-state index contributed by atoms with van der Waals surface area (Å²) in [6, 6.07) is 18.4. The summed E-state index contributed by atoms with van der Waals surface area (Å²) in [5.74, 6) is 0.369. The minimum absolute atomic E-state index is 0.0298. The zero-order chi connectivity index (χ0) is 17.9. The van der Waals surface area contributed by atoms with E-state index in [1.807, 2.05) is 22.3 Å². The van der Waals surface area contributed by atoms with Crippen molar-refractivity contribution >= 4 is 33.2 Å². The minimum atomic E-state index is -0.0298. The quantitative estimate of drug-likeness (QED) is 0.600. The summed E-state index contributed by atoms with van der Waals surface area (Å²) in [6.45, 7) is 4.16. The van der Waals surface area contributed by atoms with Crippen molar-refractivity contribution in [2.24, 2.45) is 0 Å². The van der Waals surface area contributed by atoms with Gasteiger partial charge in [0.2, 0.25) is 0 Å². The second-order valence-electron chi connectivity index (χ2n) is 6.30. The predicted octanol–water partition coefficient (Wildman–Crippen LogP) is 4.73. The number of halogens is 1. The number of piperazine rings is 1. The van der Waals surface area contributed by atoms with E-state index in [1.165, 1.54) is 15.3 Å². The molecule has 0 spiro atoms. The molecule has 0 saturated carbocycles. The molecule has 0 radical (unpaired) electrons. The number of thiophene rings is 1. The van der Waals surface area contributed by atoms with E-state index >= 15 is 0 Å². The van der Waals surface area contributed by atoms with Crippen molar-refractivity contribution in [3.05, 3.63) is 69.9 Å². The van der Waals surface area contributed by atoms with Gasteiger partial charge in [0.15, 0.2) is 10.4 Å². The second kappa shape index (κ2) is 7.78. The first-order valence-electron chi connectivity index (χ1n) is 8.60. The highest BCUT2D eigenvalue weighted by Crippen LogP contribution is 2.29. The molecule has 0 atom stereocenters. The highest BCUT2D eigenvalue weighted by atomic mass is 79.9. The maximum absolute atomic E-state index is 12.4. The summed E-state index contributed by atoms with van der Waals surface area (Å²) in [4.78, 5) is 19.4. The van der Waals surface area contributed by atoms with Gasteiger partial charge in [-0.1, -0.05) is 30.3 Å². The maximum Gasteiger partial charge on any atom is 0.289 e. The summed E-state index contributed by atoms with van der Waals surface area (Å²) in [7, 11) is 0. The van der Waals surface area contributed by atoms with Crippen LogP contribution >= 0.6 is 27.3 Å². The van der Waals surface area contributed by atoms with Gasteiger partial charge in [-0.05, 0) is 45.8 Å². The van der Waals surface area contributed by atoms with Crippen LogP contribution in [0.1, 0.15) is 15.4 Å². The van der Waals surface area contributed by atoms with Gasteiger partial charge < -0.3 is 9.32 Å². The molecule has 0 N–H and O–H groups in total. The van der Waals surface area contributed by atoms with Crippen LogP contribution in [-0.2, 0) is 6.54 Å². The molecule has 1 fully saturated rings. The molecule has 2 aromatic heterocycles. The zero-order valence-electron chi connectivity index (χ0n) is 14.2. The van der Waals surface area contributed by atoms with Crippen LogP contribution in [0.5, 0.6) is 0 Å². The number of carbonyl (C=O) groups is 1. The standard InChI is InChI=1S/C20H19BrN2O2S/c21-19-9-7-17(25-19)20(24)23-12-10-22(11-13-23)14-16-6-8-18(26-16)15-4-2-1-3-5-15/h1-9H,10-14H2. The molecule has 3 aromatic rings. The molecule has 4 nitrogen and oxygen atoms in total. The van der Waals surface area contributed by atoms with Crippen molar-refractivity contribution in [2.45, 2.75) is 6.54 Å². The Labute approximate surface area is 165 Å². The first-order chi connectivity index (χ1) is 12.7.